The molecule has 4 rings (SSSR count). The van der Waals surface area contributed by atoms with Crippen molar-refractivity contribution in [2.24, 2.45) is 11.8 Å². The summed E-state index contributed by atoms with van der Waals surface area (Å²) in [6.07, 6.45) is 3.78. The van der Waals surface area contributed by atoms with Crippen LogP contribution in [0.3, 0.4) is 0 Å². The van der Waals surface area contributed by atoms with Crippen LogP contribution in [0.25, 0.3) is 0 Å². The zero-order valence-electron chi connectivity index (χ0n) is 23.5. The number of hydrogen-bond acceptors (Lipinski definition) is 6. The molecule has 1 saturated carbocycles. The summed E-state index contributed by atoms with van der Waals surface area (Å²) in [7, 11) is 0. The van der Waals surface area contributed by atoms with Crippen molar-refractivity contribution in [3.05, 3.63) is 29.8 Å². The van der Waals surface area contributed by atoms with Crippen molar-refractivity contribution >= 4 is 29.7 Å². The molecule has 0 unspecified atom stereocenters. The highest BCUT2D eigenvalue weighted by Crippen LogP contribution is 2.38. The average Bonchev–Trinajstić information content (AvgIpc) is 3.51. The SMILES string of the molecule is CC(C)(C)OC(=O)[C@@H](Cc1cccc(N2C(=O)NC3(CCCC3)C2=O)c1)[C@H]1CCN(C(=O)OC(C)(C)C)C1. The minimum atomic E-state index is -0.791. The number of carbonyl (C=O) groups is 4. The zero-order chi connectivity index (χ0) is 27.9. The number of rotatable bonds is 5. The van der Waals surface area contributed by atoms with Crippen LogP contribution in [0.15, 0.2) is 24.3 Å². The number of esters is 1. The van der Waals surface area contributed by atoms with Gasteiger partial charge in [-0.25, -0.2) is 14.5 Å². The minimum absolute atomic E-state index is 0.112. The van der Waals surface area contributed by atoms with E-state index in [4.69, 9.17) is 9.47 Å². The molecule has 1 aromatic rings. The molecule has 1 aliphatic carbocycles. The minimum Gasteiger partial charge on any atom is -0.460 e. The fourth-order valence-electron chi connectivity index (χ4n) is 5.68. The van der Waals surface area contributed by atoms with Gasteiger partial charge in [0.2, 0.25) is 0 Å². The normalized spacial score (nSPS) is 22.1. The van der Waals surface area contributed by atoms with Crippen LogP contribution in [0.1, 0.15) is 79.2 Å². The highest BCUT2D eigenvalue weighted by molar-refractivity contribution is 6.23. The molecule has 3 fully saturated rings. The van der Waals surface area contributed by atoms with E-state index in [1.165, 1.54) is 4.90 Å². The fourth-order valence-corrected chi connectivity index (χ4v) is 5.68. The number of nitrogens with zero attached hydrogens (tertiary/aromatic N) is 2. The molecule has 1 aromatic carbocycles. The summed E-state index contributed by atoms with van der Waals surface area (Å²) in [5.41, 5.74) is -0.728. The highest BCUT2D eigenvalue weighted by Gasteiger charge is 2.53. The van der Waals surface area contributed by atoms with Crippen molar-refractivity contribution in [1.82, 2.24) is 10.2 Å². The van der Waals surface area contributed by atoms with E-state index in [0.717, 1.165) is 18.4 Å². The van der Waals surface area contributed by atoms with Gasteiger partial charge in [-0.1, -0.05) is 25.0 Å². The van der Waals surface area contributed by atoms with Crippen LogP contribution in [0.4, 0.5) is 15.3 Å². The van der Waals surface area contributed by atoms with Gasteiger partial charge in [-0.3, -0.25) is 9.59 Å². The zero-order valence-corrected chi connectivity index (χ0v) is 23.5. The van der Waals surface area contributed by atoms with E-state index >= 15 is 0 Å². The molecule has 0 radical (unpaired) electrons. The van der Waals surface area contributed by atoms with Gasteiger partial charge in [0.15, 0.2) is 0 Å². The van der Waals surface area contributed by atoms with Gasteiger partial charge in [-0.2, -0.15) is 0 Å². The molecule has 9 nitrogen and oxygen atoms in total. The lowest BCUT2D eigenvalue weighted by Crippen LogP contribution is -2.44. The Hall–Kier alpha value is -3.10. The Morgan fingerprint density at radius 2 is 1.71 bits per heavy atom. The summed E-state index contributed by atoms with van der Waals surface area (Å²) in [6.45, 7) is 11.9. The van der Waals surface area contributed by atoms with Crippen LogP contribution in [-0.2, 0) is 25.5 Å². The Bertz CT molecular complexity index is 1100. The molecular weight excluding hydrogens is 486 g/mol. The Balaban J connectivity index is 1.54. The molecule has 2 heterocycles. The Morgan fingerprint density at radius 3 is 2.34 bits per heavy atom. The summed E-state index contributed by atoms with van der Waals surface area (Å²) in [4.78, 5) is 55.0. The number of imide groups is 1. The smallest absolute Gasteiger partial charge is 0.410 e. The van der Waals surface area contributed by atoms with Gasteiger partial charge in [-0.15, -0.1) is 0 Å². The second-order valence-corrected chi connectivity index (χ2v) is 12.8. The van der Waals surface area contributed by atoms with Crippen LogP contribution in [0.2, 0.25) is 0 Å². The van der Waals surface area contributed by atoms with Crippen LogP contribution >= 0.6 is 0 Å². The van der Waals surface area contributed by atoms with E-state index in [-0.39, 0.29) is 23.9 Å². The van der Waals surface area contributed by atoms with Crippen LogP contribution in [-0.4, -0.2) is 58.7 Å². The highest BCUT2D eigenvalue weighted by atomic mass is 16.6. The number of urea groups is 1. The maximum absolute atomic E-state index is 13.4. The van der Waals surface area contributed by atoms with E-state index in [0.29, 0.717) is 44.5 Å². The fraction of sp³-hybridized carbons (Fsp3) is 0.655. The first-order valence-corrected chi connectivity index (χ1v) is 13.6. The molecule has 3 aliphatic rings. The van der Waals surface area contributed by atoms with Gasteiger partial charge in [0.25, 0.3) is 5.91 Å². The first-order chi connectivity index (χ1) is 17.7. The number of anilines is 1. The number of nitrogens with one attached hydrogen (secondary N) is 1. The lowest BCUT2D eigenvalue weighted by atomic mass is 9.85. The number of amides is 4. The third kappa shape index (κ3) is 6.13. The lowest BCUT2D eigenvalue weighted by molar-refractivity contribution is -0.162. The third-order valence-electron chi connectivity index (χ3n) is 7.40. The molecule has 1 N–H and O–H groups in total. The summed E-state index contributed by atoms with van der Waals surface area (Å²) >= 11 is 0. The van der Waals surface area contributed by atoms with E-state index < -0.39 is 28.7 Å². The van der Waals surface area contributed by atoms with Crippen molar-refractivity contribution in [3.8, 4) is 0 Å². The lowest BCUT2D eigenvalue weighted by Gasteiger charge is -2.28. The van der Waals surface area contributed by atoms with E-state index in [9.17, 15) is 19.2 Å². The first kappa shape index (κ1) is 27.9. The monoisotopic (exact) mass is 527 g/mol. The Morgan fingerprint density at radius 1 is 1.05 bits per heavy atom. The van der Waals surface area contributed by atoms with Crippen LogP contribution in [0, 0.1) is 11.8 Å². The van der Waals surface area contributed by atoms with E-state index in [1.54, 1.807) is 17.0 Å². The number of ether oxygens (including phenoxy) is 2. The van der Waals surface area contributed by atoms with Gasteiger partial charge in [0, 0.05) is 13.1 Å². The third-order valence-corrected chi connectivity index (χ3v) is 7.40. The summed E-state index contributed by atoms with van der Waals surface area (Å²) in [6, 6.07) is 6.85. The summed E-state index contributed by atoms with van der Waals surface area (Å²) in [5.74, 6) is -1.14. The van der Waals surface area contributed by atoms with Gasteiger partial charge < -0.3 is 19.7 Å². The van der Waals surface area contributed by atoms with Gasteiger partial charge in [0.1, 0.15) is 16.7 Å². The van der Waals surface area contributed by atoms with E-state index in [1.807, 2.05) is 53.7 Å². The molecule has 2 atom stereocenters. The van der Waals surface area contributed by atoms with Crippen molar-refractivity contribution in [2.45, 2.75) is 96.8 Å². The predicted octanol–water partition coefficient (Wildman–Crippen LogP) is 4.81. The van der Waals surface area contributed by atoms with Gasteiger partial charge >= 0.3 is 18.1 Å². The second-order valence-electron chi connectivity index (χ2n) is 12.8. The largest absolute Gasteiger partial charge is 0.460 e. The number of likely N-dealkylation sites (tertiary alicyclic amines) is 1. The van der Waals surface area contributed by atoms with Crippen molar-refractivity contribution in [3.63, 3.8) is 0 Å². The molecule has 38 heavy (non-hydrogen) atoms. The molecular formula is C29H41N3O6. The predicted molar refractivity (Wildman–Crippen MR) is 143 cm³/mol. The molecule has 4 amide bonds. The standard InChI is InChI=1S/C29H41N3O6/c1-27(2,3)37-23(33)22(20-12-15-31(18-20)26(36)38-28(4,5)6)17-19-10-9-11-21(16-19)32-24(34)29(30-25(32)35)13-7-8-14-29/h9-11,16,20,22H,7-8,12-15,17-18H2,1-6H3,(H,30,35)/t20-,22-/m0/s1. The van der Waals surface area contributed by atoms with Crippen LogP contribution < -0.4 is 10.2 Å². The Labute approximate surface area is 225 Å². The topological polar surface area (TPSA) is 105 Å². The molecule has 0 aromatic heterocycles. The number of carbonyl (C=O) groups excluding carboxylic acids is 4. The molecule has 0 bridgehead atoms. The van der Waals surface area contributed by atoms with E-state index in [2.05, 4.69) is 5.32 Å². The van der Waals surface area contributed by atoms with Gasteiger partial charge in [-0.05, 0) is 90.8 Å². The maximum atomic E-state index is 13.4. The van der Waals surface area contributed by atoms with Crippen molar-refractivity contribution in [1.29, 1.82) is 0 Å². The molecule has 2 aliphatic heterocycles. The number of hydrogen-bond donors (Lipinski definition) is 1. The van der Waals surface area contributed by atoms with Crippen LogP contribution in [0.5, 0.6) is 0 Å². The molecule has 208 valence electrons. The Kier molecular flexibility index (Phi) is 7.51. The van der Waals surface area contributed by atoms with Crippen molar-refractivity contribution in [2.75, 3.05) is 18.0 Å². The quantitative estimate of drug-likeness (QED) is 0.435. The maximum Gasteiger partial charge on any atom is 0.410 e. The second kappa shape index (κ2) is 10.2. The molecule has 2 saturated heterocycles. The summed E-state index contributed by atoms with van der Waals surface area (Å²) < 4.78 is 11.3. The van der Waals surface area contributed by atoms with Crippen molar-refractivity contribution < 1.29 is 28.7 Å². The average molecular weight is 528 g/mol. The summed E-state index contributed by atoms with van der Waals surface area (Å²) in [5, 5.41) is 2.92. The van der Waals surface area contributed by atoms with Gasteiger partial charge in [0.05, 0.1) is 11.6 Å². The molecule has 1 spiro atoms. The molecule has 9 heteroatoms. The number of benzene rings is 1. The first-order valence-electron chi connectivity index (χ1n) is 13.6.